The van der Waals surface area contributed by atoms with E-state index in [1.165, 1.54) is 35.3 Å². The van der Waals surface area contributed by atoms with Crippen LogP contribution >= 0.6 is 11.3 Å². The van der Waals surface area contributed by atoms with Crippen molar-refractivity contribution in [3.63, 3.8) is 0 Å². The molecule has 26 heavy (non-hydrogen) atoms. The van der Waals surface area contributed by atoms with Crippen molar-refractivity contribution in [1.29, 1.82) is 0 Å². The molecule has 0 aliphatic heterocycles. The quantitative estimate of drug-likeness (QED) is 0.679. The average molecular weight is 380 g/mol. The molecule has 0 spiro atoms. The molecule has 2 aromatic heterocycles. The van der Waals surface area contributed by atoms with Crippen LogP contribution in [0.2, 0.25) is 0 Å². The van der Waals surface area contributed by atoms with Gasteiger partial charge in [0.05, 0.1) is 5.69 Å². The summed E-state index contributed by atoms with van der Waals surface area (Å²) >= 11 is 1.25. The highest BCUT2D eigenvalue weighted by atomic mass is 32.1. The predicted octanol–water partition coefficient (Wildman–Crippen LogP) is 3.46. The lowest BCUT2D eigenvalue weighted by Crippen LogP contribution is -2.13. The van der Waals surface area contributed by atoms with E-state index in [1.807, 2.05) is 0 Å². The third kappa shape index (κ3) is 4.41. The van der Waals surface area contributed by atoms with Gasteiger partial charge in [-0.05, 0) is 30.3 Å². The molecule has 10 heteroatoms. The van der Waals surface area contributed by atoms with Crippen LogP contribution in [-0.2, 0) is 11.5 Å². The van der Waals surface area contributed by atoms with Crippen molar-refractivity contribution in [2.45, 2.75) is 13.3 Å². The van der Waals surface area contributed by atoms with Gasteiger partial charge in [0.25, 0.3) is 5.91 Å². The number of amides is 1. The molecule has 1 aromatic carbocycles. The molecule has 0 radical (unpaired) electrons. The van der Waals surface area contributed by atoms with Gasteiger partial charge in [0.1, 0.15) is 12.5 Å². The predicted molar refractivity (Wildman–Crippen MR) is 91.4 cm³/mol. The van der Waals surface area contributed by atoms with Crippen LogP contribution in [0.4, 0.5) is 13.9 Å². The van der Waals surface area contributed by atoms with E-state index in [1.54, 1.807) is 29.8 Å². The summed E-state index contributed by atoms with van der Waals surface area (Å²) in [4.78, 5) is 16.5. The first-order chi connectivity index (χ1) is 12.5. The molecule has 0 aliphatic carbocycles. The fourth-order valence-electron chi connectivity index (χ4n) is 2.12. The van der Waals surface area contributed by atoms with Crippen LogP contribution in [0.25, 0.3) is 11.3 Å². The van der Waals surface area contributed by atoms with Crippen molar-refractivity contribution in [2.75, 3.05) is 12.4 Å². The number of ether oxygens (including phenoxy) is 2. The molecular weight excluding hydrogens is 366 g/mol. The van der Waals surface area contributed by atoms with E-state index in [0.29, 0.717) is 16.4 Å². The number of rotatable bonds is 7. The van der Waals surface area contributed by atoms with Crippen LogP contribution in [0, 0.1) is 0 Å². The summed E-state index contributed by atoms with van der Waals surface area (Å²) < 4.78 is 35.1. The Balaban J connectivity index is 1.66. The van der Waals surface area contributed by atoms with Gasteiger partial charge in [-0.1, -0.05) is 0 Å². The molecule has 0 aliphatic rings. The first-order valence-electron chi connectivity index (χ1n) is 7.39. The van der Waals surface area contributed by atoms with E-state index in [2.05, 4.69) is 20.1 Å². The van der Waals surface area contributed by atoms with Crippen LogP contribution < -0.4 is 10.1 Å². The zero-order chi connectivity index (χ0) is 18.5. The first kappa shape index (κ1) is 18.0. The Morgan fingerprint density at radius 3 is 2.77 bits per heavy atom. The standard InChI is InChI=1S/C16H14F2N4O3S/c1-24-9-22-7-6-12(21-22)14(23)20-16-19-13(8-26-16)10-2-4-11(5-3-10)25-15(17)18/h2-8,15H,9H2,1H3,(H,19,20,23). The van der Waals surface area contributed by atoms with Crippen LogP contribution in [0.15, 0.2) is 41.9 Å². The van der Waals surface area contributed by atoms with E-state index in [-0.39, 0.29) is 24.1 Å². The number of halogens is 2. The third-order valence-corrected chi connectivity index (χ3v) is 3.99. The summed E-state index contributed by atoms with van der Waals surface area (Å²) in [5, 5.41) is 8.90. The number of nitrogens with one attached hydrogen (secondary N) is 1. The Kier molecular flexibility index (Phi) is 5.54. The number of methoxy groups -OCH3 is 1. The monoisotopic (exact) mass is 380 g/mol. The largest absolute Gasteiger partial charge is 0.435 e. The minimum atomic E-state index is -2.87. The van der Waals surface area contributed by atoms with Crippen LogP contribution in [0.5, 0.6) is 5.75 Å². The maximum atomic E-state index is 12.2. The second kappa shape index (κ2) is 8.02. The molecule has 0 fully saturated rings. The van der Waals surface area contributed by atoms with Crippen molar-refractivity contribution in [2.24, 2.45) is 0 Å². The normalized spacial score (nSPS) is 10.9. The minimum absolute atomic E-state index is 0.0687. The Morgan fingerprint density at radius 1 is 1.31 bits per heavy atom. The highest BCUT2D eigenvalue weighted by molar-refractivity contribution is 7.14. The molecule has 3 aromatic rings. The molecule has 1 amide bonds. The Bertz CT molecular complexity index is 880. The summed E-state index contributed by atoms with van der Waals surface area (Å²) in [5.74, 6) is -0.319. The summed E-state index contributed by atoms with van der Waals surface area (Å²) in [5.41, 5.74) is 1.57. The van der Waals surface area contributed by atoms with Crippen molar-refractivity contribution in [1.82, 2.24) is 14.8 Å². The minimum Gasteiger partial charge on any atom is -0.435 e. The van der Waals surface area contributed by atoms with Gasteiger partial charge in [-0.15, -0.1) is 11.3 Å². The topological polar surface area (TPSA) is 78.3 Å². The smallest absolute Gasteiger partial charge is 0.387 e. The molecule has 3 rings (SSSR count). The number of hydrogen-bond acceptors (Lipinski definition) is 6. The number of carbonyl (C=O) groups excluding carboxylic acids is 1. The summed E-state index contributed by atoms with van der Waals surface area (Å²) in [6, 6.07) is 7.67. The van der Waals surface area contributed by atoms with E-state index >= 15 is 0 Å². The highest BCUT2D eigenvalue weighted by Crippen LogP contribution is 2.27. The third-order valence-electron chi connectivity index (χ3n) is 3.23. The second-order valence-corrected chi connectivity index (χ2v) is 5.91. The number of carbonyl (C=O) groups is 1. The lowest BCUT2D eigenvalue weighted by molar-refractivity contribution is -0.0498. The Labute approximate surface area is 151 Å². The van der Waals surface area contributed by atoms with Gasteiger partial charge in [-0.2, -0.15) is 13.9 Å². The van der Waals surface area contributed by atoms with Gasteiger partial charge in [0.2, 0.25) is 0 Å². The molecule has 7 nitrogen and oxygen atoms in total. The van der Waals surface area contributed by atoms with Crippen molar-refractivity contribution >= 4 is 22.4 Å². The van der Waals surface area contributed by atoms with Gasteiger partial charge >= 0.3 is 6.61 Å². The lowest BCUT2D eigenvalue weighted by Gasteiger charge is -2.04. The maximum absolute atomic E-state index is 12.2. The number of alkyl halides is 2. The zero-order valence-corrected chi connectivity index (χ0v) is 14.4. The fourth-order valence-corrected chi connectivity index (χ4v) is 2.83. The first-order valence-corrected chi connectivity index (χ1v) is 8.27. The van der Waals surface area contributed by atoms with E-state index in [9.17, 15) is 13.6 Å². The number of nitrogens with zero attached hydrogens (tertiary/aromatic N) is 3. The molecule has 0 saturated carbocycles. The molecular formula is C16H14F2N4O3S. The molecule has 1 N–H and O–H groups in total. The van der Waals surface area contributed by atoms with Crippen LogP contribution in [0.3, 0.4) is 0 Å². The Morgan fingerprint density at radius 2 is 2.08 bits per heavy atom. The van der Waals surface area contributed by atoms with Crippen LogP contribution in [0.1, 0.15) is 10.5 Å². The van der Waals surface area contributed by atoms with Crippen molar-refractivity contribution in [3.05, 3.63) is 47.6 Å². The van der Waals surface area contributed by atoms with Gasteiger partial charge < -0.3 is 9.47 Å². The molecule has 0 atom stereocenters. The summed E-state index contributed by atoms with van der Waals surface area (Å²) in [6.45, 7) is -2.62. The van der Waals surface area contributed by atoms with Gasteiger partial charge in [0, 0.05) is 24.3 Å². The second-order valence-electron chi connectivity index (χ2n) is 5.05. The van der Waals surface area contributed by atoms with Gasteiger partial charge in [-0.25, -0.2) is 9.67 Å². The molecule has 0 bridgehead atoms. The van der Waals surface area contributed by atoms with Crippen molar-refractivity contribution < 1.29 is 23.0 Å². The molecule has 0 saturated heterocycles. The molecule has 2 heterocycles. The zero-order valence-electron chi connectivity index (χ0n) is 13.6. The van der Waals surface area contributed by atoms with Crippen LogP contribution in [-0.4, -0.2) is 34.4 Å². The number of hydrogen-bond donors (Lipinski definition) is 1. The maximum Gasteiger partial charge on any atom is 0.387 e. The van der Waals surface area contributed by atoms with Gasteiger partial charge in [0.15, 0.2) is 10.8 Å². The lowest BCUT2D eigenvalue weighted by atomic mass is 10.2. The fraction of sp³-hybridized carbons (Fsp3) is 0.188. The number of benzene rings is 1. The number of aromatic nitrogens is 3. The number of thiazole rings is 1. The van der Waals surface area contributed by atoms with Gasteiger partial charge in [-0.3, -0.25) is 10.1 Å². The SMILES string of the molecule is COCn1ccc(C(=O)Nc2nc(-c3ccc(OC(F)F)cc3)cs2)n1. The van der Waals surface area contributed by atoms with E-state index < -0.39 is 6.61 Å². The summed E-state index contributed by atoms with van der Waals surface area (Å²) in [6.07, 6.45) is 1.63. The average Bonchev–Trinajstić information content (AvgIpc) is 3.25. The summed E-state index contributed by atoms with van der Waals surface area (Å²) in [7, 11) is 1.53. The Hall–Kier alpha value is -2.85. The highest BCUT2D eigenvalue weighted by Gasteiger charge is 2.13. The van der Waals surface area contributed by atoms with Crippen molar-refractivity contribution in [3.8, 4) is 17.0 Å². The van der Waals surface area contributed by atoms with E-state index in [4.69, 9.17) is 4.74 Å². The number of anilines is 1. The molecule has 136 valence electrons. The van der Waals surface area contributed by atoms with E-state index in [0.717, 1.165) is 0 Å². The molecule has 0 unspecified atom stereocenters.